The molecule has 0 bridgehead atoms. The van der Waals surface area contributed by atoms with Crippen LogP contribution in [-0.4, -0.2) is 18.3 Å². The second kappa shape index (κ2) is 6.23. The molecule has 19 heavy (non-hydrogen) atoms. The van der Waals surface area contributed by atoms with Gasteiger partial charge < -0.3 is 9.47 Å². The molecule has 0 saturated heterocycles. The summed E-state index contributed by atoms with van der Waals surface area (Å²) < 4.78 is 24.3. The smallest absolute Gasteiger partial charge is 0.412 e. The fraction of sp³-hybridized carbons (Fsp3) is 0.462. The Morgan fingerprint density at radius 1 is 1.42 bits per heavy atom. The molecule has 0 saturated carbocycles. The van der Waals surface area contributed by atoms with E-state index < -0.39 is 17.5 Å². The summed E-state index contributed by atoms with van der Waals surface area (Å²) in [5.74, 6) is -0.115. The van der Waals surface area contributed by atoms with Gasteiger partial charge in [-0.15, -0.1) is 0 Å². The van der Waals surface area contributed by atoms with Crippen LogP contribution in [0.5, 0.6) is 5.75 Å². The molecule has 6 heteroatoms. The van der Waals surface area contributed by atoms with E-state index in [0.29, 0.717) is 16.8 Å². The Labute approximate surface area is 120 Å². The lowest BCUT2D eigenvalue weighted by Gasteiger charge is -2.20. The number of rotatable bonds is 3. The average Bonchev–Trinajstić information content (AvgIpc) is 2.20. The number of nitrogens with one attached hydrogen (secondary N) is 1. The number of carbonyl (C=O) groups is 1. The molecule has 0 aliphatic carbocycles. The molecular weight excluding hydrogens is 317 g/mol. The summed E-state index contributed by atoms with van der Waals surface area (Å²) in [5, 5.41) is 2.48. The third-order valence-electron chi connectivity index (χ3n) is 1.93. The second-order valence-electron chi connectivity index (χ2n) is 4.82. The molecular formula is C13H17BrFNO3. The van der Waals surface area contributed by atoms with E-state index in [9.17, 15) is 9.18 Å². The van der Waals surface area contributed by atoms with Gasteiger partial charge >= 0.3 is 6.09 Å². The number of benzene rings is 1. The topological polar surface area (TPSA) is 47.6 Å². The van der Waals surface area contributed by atoms with Crippen LogP contribution in [0.25, 0.3) is 0 Å². The SMILES string of the molecule is CCOc1c(Br)cc(F)cc1NC(=O)OC(C)(C)C. The quantitative estimate of drug-likeness (QED) is 0.895. The lowest BCUT2D eigenvalue weighted by atomic mass is 10.2. The molecule has 1 aromatic rings. The van der Waals surface area contributed by atoms with E-state index in [0.717, 1.165) is 0 Å². The highest BCUT2D eigenvalue weighted by Crippen LogP contribution is 2.34. The maximum Gasteiger partial charge on any atom is 0.412 e. The van der Waals surface area contributed by atoms with Gasteiger partial charge in [-0.25, -0.2) is 9.18 Å². The van der Waals surface area contributed by atoms with E-state index in [2.05, 4.69) is 21.2 Å². The molecule has 0 fully saturated rings. The third kappa shape index (κ3) is 5.06. The number of anilines is 1. The minimum atomic E-state index is -0.661. The van der Waals surface area contributed by atoms with E-state index in [1.807, 2.05) is 0 Å². The molecule has 0 heterocycles. The summed E-state index contributed by atoms with van der Waals surface area (Å²) >= 11 is 3.19. The lowest BCUT2D eigenvalue weighted by Crippen LogP contribution is -2.27. The zero-order valence-electron chi connectivity index (χ0n) is 11.3. The number of carbonyl (C=O) groups excluding carboxylic acids is 1. The molecule has 0 aliphatic rings. The van der Waals surface area contributed by atoms with Crippen molar-refractivity contribution in [2.45, 2.75) is 33.3 Å². The van der Waals surface area contributed by atoms with Crippen molar-refractivity contribution >= 4 is 27.7 Å². The molecule has 4 nitrogen and oxygen atoms in total. The number of hydrogen-bond donors (Lipinski definition) is 1. The van der Waals surface area contributed by atoms with Crippen LogP contribution >= 0.6 is 15.9 Å². The molecule has 106 valence electrons. The first-order valence-corrected chi connectivity index (χ1v) is 6.64. The standard InChI is InChI=1S/C13H17BrFNO3/c1-5-18-11-9(14)6-8(15)7-10(11)16-12(17)19-13(2,3)4/h6-7H,5H2,1-4H3,(H,16,17). The van der Waals surface area contributed by atoms with Crippen LogP contribution < -0.4 is 10.1 Å². The monoisotopic (exact) mass is 333 g/mol. The van der Waals surface area contributed by atoms with Gasteiger partial charge in [-0.3, -0.25) is 5.32 Å². The summed E-state index contributed by atoms with van der Waals surface area (Å²) in [4.78, 5) is 11.7. The van der Waals surface area contributed by atoms with Gasteiger partial charge in [0.2, 0.25) is 0 Å². The molecule has 1 N–H and O–H groups in total. The average molecular weight is 334 g/mol. The van der Waals surface area contributed by atoms with Crippen LogP contribution in [0.2, 0.25) is 0 Å². The van der Waals surface area contributed by atoms with Crippen LogP contribution in [0.15, 0.2) is 16.6 Å². The van der Waals surface area contributed by atoms with Crippen molar-refractivity contribution in [2.24, 2.45) is 0 Å². The first kappa shape index (κ1) is 15.8. The number of halogens is 2. The van der Waals surface area contributed by atoms with Gasteiger partial charge in [-0.2, -0.15) is 0 Å². The Bertz CT molecular complexity index is 472. The van der Waals surface area contributed by atoms with E-state index >= 15 is 0 Å². The van der Waals surface area contributed by atoms with Crippen molar-refractivity contribution in [3.8, 4) is 5.75 Å². The number of amides is 1. The van der Waals surface area contributed by atoms with Crippen LogP contribution in [0.1, 0.15) is 27.7 Å². The van der Waals surface area contributed by atoms with Crippen molar-refractivity contribution in [3.05, 3.63) is 22.4 Å². The van der Waals surface area contributed by atoms with Gasteiger partial charge in [0.25, 0.3) is 0 Å². The first-order chi connectivity index (χ1) is 8.73. The van der Waals surface area contributed by atoms with Gasteiger partial charge in [0.1, 0.15) is 11.4 Å². The molecule has 0 radical (unpaired) electrons. The molecule has 0 spiro atoms. The van der Waals surface area contributed by atoms with Crippen LogP contribution in [0.4, 0.5) is 14.9 Å². The van der Waals surface area contributed by atoms with Gasteiger partial charge in [0.15, 0.2) is 5.75 Å². The molecule has 0 aromatic heterocycles. The Hall–Kier alpha value is -1.30. The third-order valence-corrected chi connectivity index (χ3v) is 2.52. The molecule has 0 unspecified atom stereocenters. The summed E-state index contributed by atoms with van der Waals surface area (Å²) in [6, 6.07) is 2.45. The summed E-state index contributed by atoms with van der Waals surface area (Å²) in [6.45, 7) is 7.44. The van der Waals surface area contributed by atoms with Gasteiger partial charge in [0, 0.05) is 6.07 Å². The highest BCUT2D eigenvalue weighted by atomic mass is 79.9. The van der Waals surface area contributed by atoms with Crippen molar-refractivity contribution in [2.75, 3.05) is 11.9 Å². The number of ether oxygens (including phenoxy) is 2. The molecule has 1 rings (SSSR count). The normalized spacial score (nSPS) is 11.1. The second-order valence-corrected chi connectivity index (χ2v) is 5.68. The van der Waals surface area contributed by atoms with Gasteiger partial charge in [0.05, 0.1) is 16.8 Å². The summed E-state index contributed by atoms with van der Waals surface area (Å²) in [7, 11) is 0. The maximum atomic E-state index is 13.4. The zero-order chi connectivity index (χ0) is 14.6. The Kier molecular flexibility index (Phi) is 5.17. The van der Waals surface area contributed by atoms with Crippen LogP contribution in [-0.2, 0) is 4.74 Å². The first-order valence-electron chi connectivity index (χ1n) is 5.84. The largest absolute Gasteiger partial charge is 0.490 e. The van der Waals surface area contributed by atoms with Crippen molar-refractivity contribution < 1.29 is 18.7 Å². The molecule has 0 atom stereocenters. The van der Waals surface area contributed by atoms with E-state index in [1.165, 1.54) is 12.1 Å². The minimum absolute atomic E-state index is 0.225. The Morgan fingerprint density at radius 2 is 2.05 bits per heavy atom. The predicted octanol–water partition coefficient (Wildman–Crippen LogP) is 4.33. The van der Waals surface area contributed by atoms with Gasteiger partial charge in [-0.05, 0) is 49.7 Å². The van der Waals surface area contributed by atoms with E-state index in [-0.39, 0.29) is 5.69 Å². The predicted molar refractivity (Wildman–Crippen MR) is 75.1 cm³/mol. The summed E-state index contributed by atoms with van der Waals surface area (Å²) in [6.07, 6.45) is -0.661. The molecule has 1 aromatic carbocycles. The van der Waals surface area contributed by atoms with E-state index in [4.69, 9.17) is 9.47 Å². The zero-order valence-corrected chi connectivity index (χ0v) is 12.9. The maximum absolute atomic E-state index is 13.4. The fourth-order valence-corrected chi connectivity index (χ4v) is 1.90. The fourth-order valence-electron chi connectivity index (χ4n) is 1.36. The highest BCUT2D eigenvalue weighted by molar-refractivity contribution is 9.10. The minimum Gasteiger partial charge on any atom is -0.490 e. The molecule has 1 amide bonds. The van der Waals surface area contributed by atoms with Gasteiger partial charge in [-0.1, -0.05) is 0 Å². The van der Waals surface area contributed by atoms with Crippen molar-refractivity contribution in [1.82, 2.24) is 0 Å². The molecule has 0 aliphatic heterocycles. The lowest BCUT2D eigenvalue weighted by molar-refractivity contribution is 0.0635. The number of hydrogen-bond acceptors (Lipinski definition) is 3. The summed E-state index contributed by atoms with van der Waals surface area (Å²) in [5.41, 5.74) is -0.400. The van der Waals surface area contributed by atoms with Crippen LogP contribution in [0, 0.1) is 5.82 Å². The van der Waals surface area contributed by atoms with Crippen LogP contribution in [0.3, 0.4) is 0 Å². The Morgan fingerprint density at radius 3 is 2.58 bits per heavy atom. The van der Waals surface area contributed by atoms with Crippen molar-refractivity contribution in [1.29, 1.82) is 0 Å². The highest BCUT2D eigenvalue weighted by Gasteiger charge is 2.19. The van der Waals surface area contributed by atoms with Crippen molar-refractivity contribution in [3.63, 3.8) is 0 Å². The Balaban J connectivity index is 2.96. The van der Waals surface area contributed by atoms with E-state index in [1.54, 1.807) is 27.7 Å².